The Morgan fingerprint density at radius 2 is 2.29 bits per heavy atom. The number of amides is 3. The summed E-state index contributed by atoms with van der Waals surface area (Å²) in [6, 6.07) is -0.374. The van der Waals surface area contributed by atoms with E-state index in [4.69, 9.17) is 0 Å². The standard InChI is InChI=1S/C8H8N4O2/c13-7-5-12(8(14)11-7)4-6-3-9-1-2-10-6/h1-3H,4-5H2,(H,11,13,14). The van der Waals surface area contributed by atoms with Crippen molar-refractivity contribution >= 4 is 11.9 Å². The monoisotopic (exact) mass is 192 g/mol. The van der Waals surface area contributed by atoms with Crippen molar-refractivity contribution in [2.75, 3.05) is 6.54 Å². The number of aromatic nitrogens is 2. The number of hydrogen-bond donors (Lipinski definition) is 1. The van der Waals surface area contributed by atoms with Gasteiger partial charge in [0.05, 0.1) is 18.4 Å². The minimum atomic E-state index is -0.374. The van der Waals surface area contributed by atoms with E-state index < -0.39 is 0 Å². The summed E-state index contributed by atoms with van der Waals surface area (Å²) >= 11 is 0. The van der Waals surface area contributed by atoms with Crippen LogP contribution in [0.15, 0.2) is 18.6 Å². The molecule has 0 radical (unpaired) electrons. The Morgan fingerprint density at radius 3 is 2.86 bits per heavy atom. The van der Waals surface area contributed by atoms with Crippen molar-refractivity contribution in [3.8, 4) is 0 Å². The number of hydrogen-bond acceptors (Lipinski definition) is 4. The molecule has 1 fully saturated rings. The predicted octanol–water partition coefficient (Wildman–Crippen LogP) is -0.472. The van der Waals surface area contributed by atoms with E-state index in [1.165, 1.54) is 4.90 Å². The Balaban J connectivity index is 2.05. The van der Waals surface area contributed by atoms with Crippen molar-refractivity contribution in [1.29, 1.82) is 0 Å². The van der Waals surface area contributed by atoms with Crippen LogP contribution in [-0.2, 0) is 11.3 Å². The van der Waals surface area contributed by atoms with Gasteiger partial charge in [-0.05, 0) is 0 Å². The van der Waals surface area contributed by atoms with Crippen molar-refractivity contribution in [3.05, 3.63) is 24.3 Å². The second-order valence-corrected chi connectivity index (χ2v) is 2.91. The van der Waals surface area contributed by atoms with E-state index in [0.717, 1.165) is 0 Å². The molecule has 2 rings (SSSR count). The number of carbonyl (C=O) groups is 2. The Hall–Kier alpha value is -1.98. The van der Waals surface area contributed by atoms with Crippen molar-refractivity contribution in [2.24, 2.45) is 0 Å². The van der Waals surface area contributed by atoms with Crippen LogP contribution in [0.5, 0.6) is 0 Å². The summed E-state index contributed by atoms with van der Waals surface area (Å²) in [4.78, 5) is 31.2. The molecule has 2 heterocycles. The van der Waals surface area contributed by atoms with Crippen LogP contribution in [0.4, 0.5) is 4.79 Å². The zero-order valence-electron chi connectivity index (χ0n) is 7.30. The highest BCUT2D eigenvalue weighted by Crippen LogP contribution is 2.03. The molecule has 0 aromatic carbocycles. The molecule has 72 valence electrons. The van der Waals surface area contributed by atoms with Crippen LogP contribution < -0.4 is 5.32 Å². The highest BCUT2D eigenvalue weighted by atomic mass is 16.2. The van der Waals surface area contributed by atoms with Crippen LogP contribution in [0.2, 0.25) is 0 Å². The molecular weight excluding hydrogens is 184 g/mol. The third-order valence-electron chi connectivity index (χ3n) is 1.84. The quantitative estimate of drug-likeness (QED) is 0.642. The van der Waals surface area contributed by atoms with E-state index in [1.54, 1.807) is 18.6 Å². The molecule has 0 atom stereocenters. The maximum Gasteiger partial charge on any atom is 0.324 e. The smallest absolute Gasteiger partial charge is 0.309 e. The van der Waals surface area contributed by atoms with Crippen molar-refractivity contribution in [3.63, 3.8) is 0 Å². The summed E-state index contributed by atoms with van der Waals surface area (Å²) in [5.74, 6) is -0.279. The summed E-state index contributed by atoms with van der Waals surface area (Å²) in [5, 5.41) is 2.19. The molecule has 0 aliphatic carbocycles. The van der Waals surface area contributed by atoms with Crippen molar-refractivity contribution in [2.45, 2.75) is 6.54 Å². The van der Waals surface area contributed by atoms with Gasteiger partial charge in [0.25, 0.3) is 0 Å². The van der Waals surface area contributed by atoms with Gasteiger partial charge in [0.1, 0.15) is 6.54 Å². The van der Waals surface area contributed by atoms with Gasteiger partial charge in [-0.3, -0.25) is 20.1 Å². The van der Waals surface area contributed by atoms with E-state index in [0.29, 0.717) is 12.2 Å². The molecule has 0 saturated carbocycles. The second kappa shape index (κ2) is 3.41. The lowest BCUT2D eigenvalue weighted by Gasteiger charge is -2.11. The maximum atomic E-state index is 11.1. The Kier molecular flexibility index (Phi) is 2.10. The van der Waals surface area contributed by atoms with Crippen LogP contribution >= 0.6 is 0 Å². The minimum absolute atomic E-state index is 0.0927. The third kappa shape index (κ3) is 1.68. The summed E-state index contributed by atoms with van der Waals surface area (Å²) in [6.45, 7) is 0.404. The third-order valence-corrected chi connectivity index (χ3v) is 1.84. The zero-order valence-corrected chi connectivity index (χ0v) is 7.30. The average molecular weight is 192 g/mol. The highest BCUT2D eigenvalue weighted by Gasteiger charge is 2.26. The van der Waals surface area contributed by atoms with E-state index in [9.17, 15) is 9.59 Å². The molecule has 0 bridgehead atoms. The lowest BCUT2D eigenvalue weighted by Crippen LogP contribution is -2.28. The molecule has 1 N–H and O–H groups in total. The first-order valence-corrected chi connectivity index (χ1v) is 4.09. The van der Waals surface area contributed by atoms with Gasteiger partial charge in [0.2, 0.25) is 5.91 Å². The summed E-state index contributed by atoms with van der Waals surface area (Å²) < 4.78 is 0. The molecule has 1 aliphatic heterocycles. The molecule has 3 amide bonds. The van der Waals surface area contributed by atoms with Crippen LogP contribution in [0.3, 0.4) is 0 Å². The normalized spacial score (nSPS) is 15.9. The molecule has 6 heteroatoms. The van der Waals surface area contributed by atoms with Gasteiger partial charge in [-0.2, -0.15) is 0 Å². The van der Waals surface area contributed by atoms with E-state index in [-0.39, 0.29) is 18.5 Å². The van der Waals surface area contributed by atoms with Gasteiger partial charge < -0.3 is 4.90 Å². The molecule has 14 heavy (non-hydrogen) atoms. The molecule has 0 spiro atoms. The number of nitrogens with one attached hydrogen (secondary N) is 1. The molecule has 1 aromatic heterocycles. The van der Waals surface area contributed by atoms with Gasteiger partial charge in [0.15, 0.2) is 0 Å². The zero-order chi connectivity index (χ0) is 9.97. The lowest BCUT2D eigenvalue weighted by molar-refractivity contribution is -0.118. The Morgan fingerprint density at radius 1 is 1.43 bits per heavy atom. The average Bonchev–Trinajstić information content (AvgIpc) is 2.47. The second-order valence-electron chi connectivity index (χ2n) is 2.91. The number of carbonyl (C=O) groups excluding carboxylic acids is 2. The fourth-order valence-corrected chi connectivity index (χ4v) is 1.22. The fourth-order valence-electron chi connectivity index (χ4n) is 1.22. The molecular formula is C8H8N4O2. The lowest BCUT2D eigenvalue weighted by atomic mass is 10.4. The number of imide groups is 1. The first-order chi connectivity index (χ1) is 6.75. The first-order valence-electron chi connectivity index (χ1n) is 4.09. The van der Waals surface area contributed by atoms with Crippen molar-refractivity contribution in [1.82, 2.24) is 20.2 Å². The first kappa shape index (κ1) is 8.61. The van der Waals surface area contributed by atoms with E-state index in [1.807, 2.05) is 0 Å². The summed E-state index contributed by atoms with van der Waals surface area (Å²) in [7, 11) is 0. The minimum Gasteiger partial charge on any atom is -0.309 e. The van der Waals surface area contributed by atoms with Crippen LogP contribution in [-0.4, -0.2) is 33.4 Å². The fraction of sp³-hybridized carbons (Fsp3) is 0.250. The van der Waals surface area contributed by atoms with Gasteiger partial charge >= 0.3 is 6.03 Å². The Labute approximate surface area is 80.0 Å². The SMILES string of the molecule is O=C1CN(Cc2cnccn2)C(=O)N1. The maximum absolute atomic E-state index is 11.1. The van der Waals surface area contributed by atoms with Gasteiger partial charge in [-0.15, -0.1) is 0 Å². The highest BCUT2D eigenvalue weighted by molar-refractivity contribution is 6.01. The van der Waals surface area contributed by atoms with Gasteiger partial charge in [0, 0.05) is 12.4 Å². The van der Waals surface area contributed by atoms with E-state index in [2.05, 4.69) is 15.3 Å². The predicted molar refractivity (Wildman–Crippen MR) is 46.0 cm³/mol. The molecule has 1 aliphatic rings. The largest absolute Gasteiger partial charge is 0.324 e. The molecule has 0 unspecified atom stereocenters. The summed E-state index contributed by atoms with van der Waals surface area (Å²) in [6.07, 6.45) is 4.67. The summed E-state index contributed by atoms with van der Waals surface area (Å²) in [5.41, 5.74) is 0.664. The topological polar surface area (TPSA) is 75.2 Å². The van der Waals surface area contributed by atoms with Crippen LogP contribution in [0, 0.1) is 0 Å². The Bertz CT molecular complexity index is 365. The molecule has 6 nitrogen and oxygen atoms in total. The van der Waals surface area contributed by atoms with E-state index >= 15 is 0 Å². The molecule has 1 saturated heterocycles. The number of rotatable bonds is 2. The van der Waals surface area contributed by atoms with Gasteiger partial charge in [-0.25, -0.2) is 4.79 Å². The van der Waals surface area contributed by atoms with Gasteiger partial charge in [-0.1, -0.05) is 0 Å². The number of nitrogens with zero attached hydrogens (tertiary/aromatic N) is 3. The molecule has 1 aromatic rings. The van der Waals surface area contributed by atoms with Crippen LogP contribution in [0.1, 0.15) is 5.69 Å². The van der Waals surface area contributed by atoms with Crippen LogP contribution in [0.25, 0.3) is 0 Å². The van der Waals surface area contributed by atoms with Crippen molar-refractivity contribution < 1.29 is 9.59 Å². The number of urea groups is 1.